The van der Waals surface area contributed by atoms with Crippen molar-refractivity contribution in [2.45, 2.75) is 59.9 Å². The van der Waals surface area contributed by atoms with Gasteiger partial charge in [-0.15, -0.1) is 0 Å². The fraction of sp³-hybridized carbons (Fsp3) is 0.647. The van der Waals surface area contributed by atoms with E-state index >= 15 is 0 Å². The minimum Gasteiger partial charge on any atom is -0.324 e. The van der Waals surface area contributed by atoms with Crippen LogP contribution in [0, 0.1) is 11.3 Å². The van der Waals surface area contributed by atoms with Gasteiger partial charge < -0.3 is 5.73 Å². The maximum atomic E-state index is 6.32. The van der Waals surface area contributed by atoms with Gasteiger partial charge in [0.25, 0.3) is 0 Å². The van der Waals surface area contributed by atoms with E-state index in [-0.39, 0.29) is 6.04 Å². The molecule has 1 rings (SSSR count). The molecule has 18 heavy (non-hydrogen) atoms. The fourth-order valence-electron chi connectivity index (χ4n) is 2.00. The Labute approximate surface area is 113 Å². The molecule has 2 N–H and O–H groups in total. The highest BCUT2D eigenvalue weighted by Gasteiger charge is 2.22. The molecule has 2 unspecified atom stereocenters. The molecule has 0 aliphatic rings. The molecule has 0 saturated heterocycles. The van der Waals surface area contributed by atoms with Crippen LogP contribution < -0.4 is 5.73 Å². The average Bonchev–Trinajstić information content (AvgIpc) is 2.27. The molecule has 1 aromatic rings. The molecule has 0 aliphatic heterocycles. The van der Waals surface area contributed by atoms with Crippen molar-refractivity contribution in [2.24, 2.45) is 17.1 Å². The summed E-state index contributed by atoms with van der Waals surface area (Å²) in [5.74, 6) is 1.21. The van der Waals surface area contributed by atoms with Crippen molar-refractivity contribution in [1.29, 1.82) is 0 Å². The van der Waals surface area contributed by atoms with Crippen LogP contribution in [0.4, 0.5) is 0 Å². The van der Waals surface area contributed by atoms with E-state index in [0.29, 0.717) is 17.3 Å². The lowest BCUT2D eigenvalue weighted by Crippen LogP contribution is -2.23. The summed E-state index contributed by atoms with van der Waals surface area (Å²) in [5.41, 5.74) is 9.29. The third-order valence-electron chi connectivity index (χ3n) is 4.12. The van der Waals surface area contributed by atoms with Gasteiger partial charge in [0.15, 0.2) is 0 Å². The van der Waals surface area contributed by atoms with Crippen LogP contribution in [0.3, 0.4) is 0 Å². The van der Waals surface area contributed by atoms with Gasteiger partial charge in [-0.25, -0.2) is 0 Å². The topological polar surface area (TPSA) is 26.0 Å². The standard InChI is InChI=1S/C17H29N/c1-12(2)14-7-9-15(10-8-14)16(18)11-13(3)17(4,5)6/h7-10,12-13,16H,11,18H2,1-6H3. The SMILES string of the molecule is CC(C)c1ccc(C(N)CC(C)C(C)(C)C)cc1. The molecule has 0 aromatic heterocycles. The van der Waals surface area contributed by atoms with Crippen LogP contribution in [0.25, 0.3) is 0 Å². The van der Waals surface area contributed by atoms with Gasteiger partial charge in [-0.2, -0.15) is 0 Å². The quantitative estimate of drug-likeness (QED) is 0.806. The summed E-state index contributed by atoms with van der Waals surface area (Å²) in [6.45, 7) is 13.6. The van der Waals surface area contributed by atoms with Gasteiger partial charge in [-0.1, -0.05) is 65.8 Å². The molecule has 0 aliphatic carbocycles. The third kappa shape index (κ3) is 4.13. The molecule has 0 bridgehead atoms. The molecule has 0 fully saturated rings. The Bertz CT molecular complexity index is 356. The second-order valence-electron chi connectivity index (χ2n) is 6.93. The van der Waals surface area contributed by atoms with Gasteiger partial charge in [0.05, 0.1) is 0 Å². The Kier molecular flexibility index (Phi) is 4.98. The molecule has 2 atom stereocenters. The summed E-state index contributed by atoms with van der Waals surface area (Å²) in [4.78, 5) is 0. The largest absolute Gasteiger partial charge is 0.324 e. The molecule has 1 heteroatoms. The van der Waals surface area contributed by atoms with Crippen LogP contribution in [0.15, 0.2) is 24.3 Å². The van der Waals surface area contributed by atoms with Crippen molar-refractivity contribution >= 4 is 0 Å². The molecule has 0 saturated carbocycles. The highest BCUT2D eigenvalue weighted by atomic mass is 14.6. The predicted molar refractivity (Wildman–Crippen MR) is 80.7 cm³/mol. The number of hydrogen-bond donors (Lipinski definition) is 1. The number of hydrogen-bond acceptors (Lipinski definition) is 1. The third-order valence-corrected chi connectivity index (χ3v) is 4.12. The van der Waals surface area contributed by atoms with Crippen molar-refractivity contribution in [3.05, 3.63) is 35.4 Å². The molecule has 1 nitrogen and oxygen atoms in total. The van der Waals surface area contributed by atoms with Crippen LogP contribution >= 0.6 is 0 Å². The van der Waals surface area contributed by atoms with Gasteiger partial charge in [-0.05, 0) is 34.8 Å². The lowest BCUT2D eigenvalue weighted by molar-refractivity contribution is 0.234. The highest BCUT2D eigenvalue weighted by molar-refractivity contribution is 5.26. The van der Waals surface area contributed by atoms with Crippen molar-refractivity contribution < 1.29 is 0 Å². The van der Waals surface area contributed by atoms with Crippen LogP contribution in [0.2, 0.25) is 0 Å². The van der Waals surface area contributed by atoms with Gasteiger partial charge in [0.1, 0.15) is 0 Å². The highest BCUT2D eigenvalue weighted by Crippen LogP contribution is 2.32. The lowest BCUT2D eigenvalue weighted by atomic mass is 9.77. The number of rotatable bonds is 4. The summed E-state index contributed by atoms with van der Waals surface area (Å²) in [6.07, 6.45) is 1.05. The zero-order valence-corrected chi connectivity index (χ0v) is 12.8. The van der Waals surface area contributed by atoms with Gasteiger partial charge in [-0.3, -0.25) is 0 Å². The van der Waals surface area contributed by atoms with Gasteiger partial charge >= 0.3 is 0 Å². The summed E-state index contributed by atoms with van der Waals surface area (Å²) in [6, 6.07) is 8.95. The number of nitrogens with two attached hydrogens (primary N) is 1. The monoisotopic (exact) mass is 247 g/mol. The van der Waals surface area contributed by atoms with E-state index in [1.54, 1.807) is 0 Å². The smallest absolute Gasteiger partial charge is 0.0297 e. The van der Waals surface area contributed by atoms with E-state index in [4.69, 9.17) is 5.73 Å². The van der Waals surface area contributed by atoms with E-state index in [9.17, 15) is 0 Å². The first-order valence-electron chi connectivity index (χ1n) is 7.07. The van der Waals surface area contributed by atoms with Gasteiger partial charge in [0, 0.05) is 6.04 Å². The molecule has 0 amide bonds. The Morgan fingerprint density at radius 1 is 0.944 bits per heavy atom. The zero-order chi connectivity index (χ0) is 13.9. The molecular weight excluding hydrogens is 218 g/mol. The second kappa shape index (κ2) is 5.88. The van der Waals surface area contributed by atoms with E-state index in [0.717, 1.165) is 6.42 Å². The summed E-state index contributed by atoms with van der Waals surface area (Å²) in [5, 5.41) is 0. The Morgan fingerprint density at radius 3 is 1.78 bits per heavy atom. The maximum absolute atomic E-state index is 6.32. The molecule has 0 spiro atoms. The first-order chi connectivity index (χ1) is 8.21. The van der Waals surface area contributed by atoms with E-state index in [1.807, 2.05) is 0 Å². The predicted octanol–water partition coefficient (Wildman–Crippen LogP) is 4.88. The van der Waals surface area contributed by atoms with E-state index in [1.165, 1.54) is 11.1 Å². The summed E-state index contributed by atoms with van der Waals surface area (Å²) < 4.78 is 0. The summed E-state index contributed by atoms with van der Waals surface area (Å²) >= 11 is 0. The van der Waals surface area contributed by atoms with E-state index in [2.05, 4.69) is 65.8 Å². The van der Waals surface area contributed by atoms with Crippen molar-refractivity contribution in [3.63, 3.8) is 0 Å². The van der Waals surface area contributed by atoms with Crippen molar-refractivity contribution in [3.8, 4) is 0 Å². The average molecular weight is 247 g/mol. The lowest BCUT2D eigenvalue weighted by Gasteiger charge is -2.29. The first-order valence-corrected chi connectivity index (χ1v) is 7.07. The molecule has 102 valence electrons. The first kappa shape index (κ1) is 15.2. The Balaban J connectivity index is 2.70. The minimum atomic E-state index is 0.153. The van der Waals surface area contributed by atoms with Crippen molar-refractivity contribution in [2.75, 3.05) is 0 Å². The molecule has 0 radical (unpaired) electrons. The second-order valence-corrected chi connectivity index (χ2v) is 6.93. The van der Waals surface area contributed by atoms with Crippen LogP contribution in [0.1, 0.15) is 71.0 Å². The van der Waals surface area contributed by atoms with Gasteiger partial charge in [0.2, 0.25) is 0 Å². The minimum absolute atomic E-state index is 0.153. The molecule has 1 aromatic carbocycles. The number of benzene rings is 1. The maximum Gasteiger partial charge on any atom is 0.0297 e. The van der Waals surface area contributed by atoms with E-state index < -0.39 is 0 Å². The normalized spacial score (nSPS) is 15.8. The van der Waals surface area contributed by atoms with Crippen molar-refractivity contribution in [1.82, 2.24) is 0 Å². The fourth-order valence-corrected chi connectivity index (χ4v) is 2.00. The Hall–Kier alpha value is -0.820. The zero-order valence-electron chi connectivity index (χ0n) is 12.8. The van der Waals surface area contributed by atoms with Crippen LogP contribution in [-0.4, -0.2) is 0 Å². The molecule has 0 heterocycles. The summed E-state index contributed by atoms with van der Waals surface area (Å²) in [7, 11) is 0. The van der Waals surface area contributed by atoms with Crippen LogP contribution in [-0.2, 0) is 0 Å². The van der Waals surface area contributed by atoms with Crippen LogP contribution in [0.5, 0.6) is 0 Å². The Morgan fingerprint density at radius 2 is 1.39 bits per heavy atom. The molecular formula is C17H29N.